The molecule has 142 valence electrons. The van der Waals surface area contributed by atoms with Crippen LogP contribution in [-0.2, 0) is 14.4 Å². The Morgan fingerprint density at radius 1 is 1.14 bits per heavy atom. The molecule has 2 aromatic rings. The second-order valence-corrected chi connectivity index (χ2v) is 6.58. The Kier molecular flexibility index (Phi) is 5.72. The zero-order valence-electron chi connectivity index (χ0n) is 14.3. The molecular weight excluding hydrogens is 402 g/mol. The smallest absolute Gasteiger partial charge is 0.270 e. The first-order valence-corrected chi connectivity index (χ1v) is 8.82. The largest absolute Gasteiger partial charge is 0.484 e. The van der Waals surface area contributed by atoms with E-state index < -0.39 is 17.7 Å². The number of hydrogen-bond acceptors (Lipinski definition) is 5. The lowest BCUT2D eigenvalue weighted by Gasteiger charge is -2.28. The normalized spacial score (nSPS) is 15.5. The van der Waals surface area contributed by atoms with Crippen molar-refractivity contribution in [1.82, 2.24) is 5.32 Å². The minimum atomic E-state index is -0.589. The number of ether oxygens (including phenoxy) is 1. The number of nitrogens with zero attached hydrogens (tertiary/aromatic N) is 1. The fraction of sp³-hybridized carbons (Fsp3) is 0.0526. The van der Waals surface area contributed by atoms with Gasteiger partial charge >= 0.3 is 0 Å². The number of benzene rings is 2. The van der Waals surface area contributed by atoms with Gasteiger partial charge in [-0.25, -0.2) is 0 Å². The molecule has 3 N–H and O–H groups in total. The molecule has 2 aromatic carbocycles. The molecule has 3 amide bonds. The molecule has 1 saturated heterocycles. The lowest BCUT2D eigenvalue weighted by Crippen LogP contribution is -2.54. The molecule has 3 rings (SSSR count). The van der Waals surface area contributed by atoms with E-state index in [0.717, 1.165) is 0 Å². The van der Waals surface area contributed by atoms with Crippen LogP contribution in [0, 0.1) is 0 Å². The van der Waals surface area contributed by atoms with E-state index in [-0.39, 0.29) is 17.3 Å². The fourth-order valence-corrected chi connectivity index (χ4v) is 2.87. The lowest BCUT2D eigenvalue weighted by atomic mass is 10.1. The Labute approximate surface area is 170 Å². The number of thiocarbonyl (C=S) groups is 1. The predicted molar refractivity (Wildman–Crippen MR) is 109 cm³/mol. The maximum Gasteiger partial charge on any atom is 0.270 e. The predicted octanol–water partition coefficient (Wildman–Crippen LogP) is 2.04. The average Bonchev–Trinajstić information content (AvgIpc) is 2.66. The number of primary amides is 1. The molecule has 0 aromatic heterocycles. The van der Waals surface area contributed by atoms with E-state index in [2.05, 4.69) is 5.32 Å². The molecule has 1 aliphatic heterocycles. The van der Waals surface area contributed by atoms with E-state index in [1.807, 2.05) is 0 Å². The number of rotatable bonds is 5. The zero-order chi connectivity index (χ0) is 20.3. The van der Waals surface area contributed by atoms with Gasteiger partial charge in [-0.1, -0.05) is 23.7 Å². The van der Waals surface area contributed by atoms with E-state index in [9.17, 15) is 14.4 Å². The van der Waals surface area contributed by atoms with Crippen LogP contribution >= 0.6 is 23.8 Å². The quantitative estimate of drug-likeness (QED) is 0.442. The molecule has 0 saturated carbocycles. The molecule has 0 radical (unpaired) electrons. The molecule has 0 aliphatic carbocycles. The number of nitrogens with two attached hydrogens (primary N) is 1. The van der Waals surface area contributed by atoms with Gasteiger partial charge in [0.1, 0.15) is 11.3 Å². The van der Waals surface area contributed by atoms with E-state index >= 15 is 0 Å². The third-order valence-corrected chi connectivity index (χ3v) is 4.30. The van der Waals surface area contributed by atoms with Gasteiger partial charge in [0.2, 0.25) is 0 Å². The van der Waals surface area contributed by atoms with Crippen molar-refractivity contribution >= 4 is 58.4 Å². The molecule has 0 bridgehead atoms. The highest BCUT2D eigenvalue weighted by Crippen LogP contribution is 2.24. The Balaban J connectivity index is 1.86. The van der Waals surface area contributed by atoms with Crippen molar-refractivity contribution in [3.05, 3.63) is 64.7 Å². The van der Waals surface area contributed by atoms with Crippen molar-refractivity contribution in [1.29, 1.82) is 0 Å². The van der Waals surface area contributed by atoms with Gasteiger partial charge in [-0.15, -0.1) is 0 Å². The van der Waals surface area contributed by atoms with E-state index in [0.29, 0.717) is 22.0 Å². The Bertz CT molecular complexity index is 987. The van der Waals surface area contributed by atoms with Crippen LogP contribution in [0.5, 0.6) is 5.75 Å². The molecule has 1 fully saturated rings. The summed E-state index contributed by atoms with van der Waals surface area (Å²) in [5.41, 5.74) is 6.03. The van der Waals surface area contributed by atoms with Crippen LogP contribution in [0.2, 0.25) is 5.02 Å². The van der Waals surface area contributed by atoms with Crippen LogP contribution < -0.4 is 20.7 Å². The average molecular weight is 416 g/mol. The summed E-state index contributed by atoms with van der Waals surface area (Å²) < 4.78 is 5.18. The van der Waals surface area contributed by atoms with Gasteiger partial charge in [0, 0.05) is 5.02 Å². The van der Waals surface area contributed by atoms with Crippen LogP contribution in [0.15, 0.2) is 54.1 Å². The first-order chi connectivity index (χ1) is 13.3. The first kappa shape index (κ1) is 19.5. The topological polar surface area (TPSA) is 102 Å². The van der Waals surface area contributed by atoms with E-state index in [1.165, 1.54) is 11.0 Å². The third kappa shape index (κ3) is 4.36. The minimum Gasteiger partial charge on any atom is -0.484 e. The Morgan fingerprint density at radius 3 is 2.39 bits per heavy atom. The van der Waals surface area contributed by atoms with Crippen LogP contribution in [0.25, 0.3) is 6.08 Å². The van der Waals surface area contributed by atoms with Crippen LogP contribution in [0.4, 0.5) is 5.69 Å². The summed E-state index contributed by atoms with van der Waals surface area (Å²) in [4.78, 5) is 37.1. The second-order valence-electron chi connectivity index (χ2n) is 5.76. The number of carbonyl (C=O) groups is 3. The summed E-state index contributed by atoms with van der Waals surface area (Å²) >= 11 is 11.0. The first-order valence-electron chi connectivity index (χ1n) is 8.03. The number of carbonyl (C=O) groups excluding carboxylic acids is 3. The fourth-order valence-electron chi connectivity index (χ4n) is 2.46. The highest BCUT2D eigenvalue weighted by molar-refractivity contribution is 7.80. The van der Waals surface area contributed by atoms with Crippen molar-refractivity contribution in [2.45, 2.75) is 0 Å². The molecule has 0 unspecified atom stereocenters. The van der Waals surface area contributed by atoms with Crippen molar-refractivity contribution in [2.75, 3.05) is 11.5 Å². The van der Waals surface area contributed by atoms with Crippen molar-refractivity contribution in [3.63, 3.8) is 0 Å². The van der Waals surface area contributed by atoms with Gasteiger partial charge in [-0.05, 0) is 60.3 Å². The highest BCUT2D eigenvalue weighted by atomic mass is 35.5. The molecule has 0 atom stereocenters. The molecular formula is C19H14ClN3O4S. The minimum absolute atomic E-state index is 0.00956. The summed E-state index contributed by atoms with van der Waals surface area (Å²) in [7, 11) is 0. The van der Waals surface area contributed by atoms with Crippen molar-refractivity contribution < 1.29 is 19.1 Å². The summed E-state index contributed by atoms with van der Waals surface area (Å²) in [5.74, 6) is -1.29. The monoisotopic (exact) mass is 415 g/mol. The number of amides is 3. The molecule has 1 aliphatic rings. The summed E-state index contributed by atoms with van der Waals surface area (Å²) in [6.07, 6.45) is 1.44. The van der Waals surface area contributed by atoms with Gasteiger partial charge in [0.25, 0.3) is 17.7 Å². The van der Waals surface area contributed by atoms with Gasteiger partial charge in [0.15, 0.2) is 11.7 Å². The third-order valence-electron chi connectivity index (χ3n) is 3.76. The maximum atomic E-state index is 12.9. The van der Waals surface area contributed by atoms with Gasteiger partial charge in [-0.3, -0.25) is 24.6 Å². The zero-order valence-corrected chi connectivity index (χ0v) is 15.9. The number of anilines is 1. The summed E-state index contributed by atoms with van der Waals surface area (Å²) in [6.45, 7) is -0.241. The lowest BCUT2D eigenvalue weighted by molar-refractivity contribution is -0.122. The van der Waals surface area contributed by atoms with Crippen LogP contribution in [0.1, 0.15) is 5.56 Å². The number of hydrogen-bond donors (Lipinski definition) is 2. The van der Waals surface area contributed by atoms with Gasteiger partial charge < -0.3 is 10.5 Å². The van der Waals surface area contributed by atoms with Gasteiger partial charge in [-0.2, -0.15) is 0 Å². The Hall–Kier alpha value is -3.23. The molecule has 1 heterocycles. The SMILES string of the molecule is NC(=O)COc1ccc(C=C2C(=O)NC(=S)N(c3ccc(Cl)cc3)C2=O)cc1. The van der Waals surface area contributed by atoms with E-state index in [4.69, 9.17) is 34.3 Å². The number of nitrogens with one attached hydrogen (secondary N) is 1. The summed E-state index contributed by atoms with van der Waals surface area (Å²) in [6, 6.07) is 13.0. The maximum absolute atomic E-state index is 12.9. The highest BCUT2D eigenvalue weighted by Gasteiger charge is 2.34. The molecule has 9 heteroatoms. The Morgan fingerprint density at radius 2 is 1.79 bits per heavy atom. The molecule has 0 spiro atoms. The molecule has 28 heavy (non-hydrogen) atoms. The number of halogens is 1. The van der Waals surface area contributed by atoms with Gasteiger partial charge in [0.05, 0.1) is 5.69 Å². The second kappa shape index (κ2) is 8.20. The van der Waals surface area contributed by atoms with Crippen LogP contribution in [0.3, 0.4) is 0 Å². The van der Waals surface area contributed by atoms with Crippen LogP contribution in [-0.4, -0.2) is 29.4 Å². The van der Waals surface area contributed by atoms with Crippen molar-refractivity contribution in [2.24, 2.45) is 5.73 Å². The van der Waals surface area contributed by atoms with Crippen molar-refractivity contribution in [3.8, 4) is 5.75 Å². The van der Waals surface area contributed by atoms with E-state index in [1.54, 1.807) is 48.5 Å². The summed E-state index contributed by atoms with van der Waals surface area (Å²) in [5, 5.41) is 3.01. The standard InChI is InChI=1S/C19H14ClN3O4S/c20-12-3-5-13(6-4-12)23-18(26)15(17(25)22-19(23)28)9-11-1-7-14(8-2-11)27-10-16(21)24/h1-9H,10H2,(H2,21,24)(H,22,25,28). The molecule has 7 nitrogen and oxygen atoms in total.